The van der Waals surface area contributed by atoms with Gasteiger partial charge in [-0.25, -0.2) is 0 Å². The van der Waals surface area contributed by atoms with Gasteiger partial charge in [-0.1, -0.05) is 89.2 Å². The molecule has 2 saturated heterocycles. The summed E-state index contributed by atoms with van der Waals surface area (Å²) in [4.78, 5) is 6.48. The van der Waals surface area contributed by atoms with Gasteiger partial charge in [-0.3, -0.25) is 10.2 Å². The molecule has 0 spiro atoms. The third-order valence-corrected chi connectivity index (χ3v) is 25.1. The van der Waals surface area contributed by atoms with Gasteiger partial charge in [0.05, 0.1) is 11.6 Å². The van der Waals surface area contributed by atoms with Crippen LogP contribution in [0.4, 0.5) is 0 Å². The number of rotatable bonds is 7. The molecule has 0 radical (unpaired) electrons. The van der Waals surface area contributed by atoms with E-state index in [0.29, 0.717) is 6.17 Å². The minimum atomic E-state index is 0.239. The van der Waals surface area contributed by atoms with E-state index in [2.05, 4.69) is 39.5 Å². The average Bonchev–Trinajstić information content (AvgIpc) is 3.87. The first kappa shape index (κ1) is 46.0. The molecule has 13 rings (SSSR count). The maximum atomic E-state index is 4.48. The molecule has 10 fully saturated rings. The SMILES string of the molecule is CC12C=CCCC1C1=C(CCC(C3CCC(C4CCC5C(C4)C4CC(C6CCCCC6)CCC4N5C4CCCCC4)CC3)C1)N2C1CCC(C2NC(C3CCCCC3)C3CCCCC3[NH2+]2)CC1. The minimum absolute atomic E-state index is 0.239. The van der Waals surface area contributed by atoms with Crippen LogP contribution in [-0.2, 0) is 0 Å². The molecular formula is C63H103N4+. The van der Waals surface area contributed by atoms with Crippen molar-refractivity contribution in [1.82, 2.24) is 15.1 Å². The van der Waals surface area contributed by atoms with Gasteiger partial charge in [-0.05, 0) is 233 Å². The molecule has 4 nitrogen and oxygen atoms in total. The van der Waals surface area contributed by atoms with E-state index in [1.165, 1.54) is 167 Å². The molecule has 13 unspecified atom stereocenters. The maximum absolute atomic E-state index is 4.48. The number of fused-ring (bicyclic) bond motifs is 6. The van der Waals surface area contributed by atoms with Gasteiger partial charge in [0.15, 0.2) is 0 Å². The van der Waals surface area contributed by atoms with Crippen LogP contribution in [-0.4, -0.2) is 57.8 Å². The van der Waals surface area contributed by atoms with E-state index in [1.807, 2.05) is 11.3 Å². The van der Waals surface area contributed by atoms with Crippen molar-refractivity contribution < 1.29 is 5.32 Å². The lowest BCUT2D eigenvalue weighted by atomic mass is 9.61. The van der Waals surface area contributed by atoms with Gasteiger partial charge in [0.2, 0.25) is 0 Å². The lowest BCUT2D eigenvalue weighted by Crippen LogP contribution is -3.04. The molecule has 3 aliphatic heterocycles. The predicted molar refractivity (Wildman–Crippen MR) is 277 cm³/mol. The van der Waals surface area contributed by atoms with Crippen molar-refractivity contribution in [3.05, 3.63) is 23.4 Å². The second-order valence-corrected chi connectivity index (χ2v) is 28.0. The standard InChI is InChI=1S/C63H102N4/c1-63-38-14-13-22-56(63)55-41-49(32-37-60(55)67(63)51-33-28-46(29-34-51)62-64-57-23-12-11-21-52(57)61(65-62)45-17-7-3-8-18-45)44-26-24-43(25-27-44)48-31-36-59-54(40-48)53-39-47(42-15-5-2-6-16-42)30-35-58(53)66(59)50-19-9-4-10-20-50/h14,38,42-54,56-59,61-62,64-65H,2-13,15-37,39-41H2,1H3/p+1. The normalized spacial score (nSPS) is 48.3. The molecule has 3 N–H and O–H groups in total. The third-order valence-electron chi connectivity index (χ3n) is 25.1. The van der Waals surface area contributed by atoms with Gasteiger partial charge in [-0.2, -0.15) is 0 Å². The molecule has 4 heteroatoms. The van der Waals surface area contributed by atoms with E-state index in [9.17, 15) is 0 Å². The fourth-order valence-corrected chi connectivity index (χ4v) is 22.0. The van der Waals surface area contributed by atoms with Crippen LogP contribution in [0.2, 0.25) is 0 Å². The molecule has 67 heavy (non-hydrogen) atoms. The van der Waals surface area contributed by atoms with Gasteiger partial charge in [0.25, 0.3) is 0 Å². The van der Waals surface area contributed by atoms with Crippen LogP contribution in [0.1, 0.15) is 251 Å². The number of nitrogens with two attached hydrogens (primary N) is 1. The van der Waals surface area contributed by atoms with E-state index in [-0.39, 0.29) is 5.54 Å². The highest BCUT2D eigenvalue weighted by atomic mass is 15.3. The smallest absolute Gasteiger partial charge is 0.143 e. The summed E-state index contributed by atoms with van der Waals surface area (Å²) in [5, 5.41) is 7.40. The quantitative estimate of drug-likeness (QED) is 0.250. The van der Waals surface area contributed by atoms with E-state index < -0.39 is 0 Å². The number of likely N-dealkylation sites (tertiary alicyclic amines) is 1. The van der Waals surface area contributed by atoms with Crippen molar-refractivity contribution in [2.24, 2.45) is 71.0 Å². The van der Waals surface area contributed by atoms with Gasteiger partial charge in [-0.15, -0.1) is 0 Å². The summed E-state index contributed by atoms with van der Waals surface area (Å²) in [6.45, 7) is 2.71. The minimum Gasteiger partial charge on any atom is -0.362 e. The second-order valence-electron chi connectivity index (χ2n) is 28.0. The zero-order valence-electron chi connectivity index (χ0n) is 43.5. The Morgan fingerprint density at radius 1 is 0.493 bits per heavy atom. The Balaban J connectivity index is 0.647. The number of hydrogen-bond acceptors (Lipinski definition) is 3. The Labute approximate surface area is 412 Å². The van der Waals surface area contributed by atoms with Crippen molar-refractivity contribution in [2.75, 3.05) is 0 Å². The molecular weight excluding hydrogens is 813 g/mol. The van der Waals surface area contributed by atoms with E-state index >= 15 is 0 Å². The lowest BCUT2D eigenvalue weighted by molar-refractivity contribution is -0.752. The van der Waals surface area contributed by atoms with Crippen LogP contribution in [0.3, 0.4) is 0 Å². The fraction of sp³-hybridized carbons (Fsp3) is 0.937. The van der Waals surface area contributed by atoms with E-state index in [4.69, 9.17) is 0 Å². The third kappa shape index (κ3) is 8.67. The van der Waals surface area contributed by atoms with Crippen LogP contribution >= 0.6 is 0 Å². The Kier molecular flexibility index (Phi) is 13.6. The fourth-order valence-electron chi connectivity index (χ4n) is 22.0. The zero-order valence-corrected chi connectivity index (χ0v) is 43.5. The average molecular weight is 917 g/mol. The number of nitrogens with zero attached hydrogens (tertiary/aromatic N) is 2. The highest BCUT2D eigenvalue weighted by Crippen LogP contribution is 2.60. The molecule has 8 saturated carbocycles. The summed E-state index contributed by atoms with van der Waals surface area (Å²) >= 11 is 0. The van der Waals surface area contributed by atoms with Gasteiger partial charge in [0, 0.05) is 53.7 Å². The molecule has 10 aliphatic carbocycles. The molecule has 374 valence electrons. The number of quaternary nitrogens is 1. The highest BCUT2D eigenvalue weighted by Gasteiger charge is 2.57. The maximum Gasteiger partial charge on any atom is 0.143 e. The van der Waals surface area contributed by atoms with Gasteiger partial charge >= 0.3 is 0 Å². The number of allylic oxidation sites excluding steroid dienone is 2. The monoisotopic (exact) mass is 916 g/mol. The molecule has 0 aromatic carbocycles. The molecule has 0 aromatic rings. The van der Waals surface area contributed by atoms with Crippen molar-refractivity contribution in [2.45, 2.75) is 299 Å². The van der Waals surface area contributed by atoms with E-state index in [1.54, 1.807) is 77.0 Å². The Morgan fingerprint density at radius 3 is 1.75 bits per heavy atom. The molecule has 0 aromatic heterocycles. The molecule has 13 atom stereocenters. The van der Waals surface area contributed by atoms with Crippen molar-refractivity contribution in [1.29, 1.82) is 0 Å². The van der Waals surface area contributed by atoms with Crippen LogP contribution in [0.25, 0.3) is 0 Å². The molecule has 13 aliphatic rings. The second kappa shape index (κ2) is 19.9. The summed E-state index contributed by atoms with van der Waals surface area (Å²) in [7, 11) is 0. The summed E-state index contributed by atoms with van der Waals surface area (Å²) in [5.74, 6) is 11.9. The Bertz CT molecular complexity index is 1720. The Hall–Kier alpha value is -0.840. The first-order valence-corrected chi connectivity index (χ1v) is 31.6. The topological polar surface area (TPSA) is 35.1 Å². The van der Waals surface area contributed by atoms with Crippen LogP contribution in [0, 0.1) is 71.0 Å². The first-order valence-electron chi connectivity index (χ1n) is 31.6. The Morgan fingerprint density at radius 2 is 1.06 bits per heavy atom. The summed E-state index contributed by atoms with van der Waals surface area (Å²) < 4.78 is 0. The van der Waals surface area contributed by atoms with E-state index in [0.717, 1.165) is 107 Å². The zero-order chi connectivity index (χ0) is 44.5. The first-order chi connectivity index (χ1) is 33.1. The van der Waals surface area contributed by atoms with Crippen molar-refractivity contribution in [3.8, 4) is 0 Å². The summed E-state index contributed by atoms with van der Waals surface area (Å²) in [6, 6.07) is 5.34. The molecule has 0 bridgehead atoms. The molecule has 3 heterocycles. The number of nitrogens with one attached hydrogen (secondary N) is 1. The van der Waals surface area contributed by atoms with Crippen LogP contribution < -0.4 is 10.6 Å². The van der Waals surface area contributed by atoms with Crippen LogP contribution in [0.15, 0.2) is 23.4 Å². The largest absolute Gasteiger partial charge is 0.362 e. The lowest BCUT2D eigenvalue weighted by Gasteiger charge is -2.51. The summed E-state index contributed by atoms with van der Waals surface area (Å²) in [6.07, 6.45) is 63.5. The van der Waals surface area contributed by atoms with Crippen molar-refractivity contribution >= 4 is 0 Å². The predicted octanol–water partition coefficient (Wildman–Crippen LogP) is 14.2. The summed E-state index contributed by atoms with van der Waals surface area (Å²) in [5.41, 5.74) is 4.12. The van der Waals surface area contributed by atoms with Gasteiger partial charge < -0.3 is 10.2 Å². The van der Waals surface area contributed by atoms with Gasteiger partial charge in [0.1, 0.15) is 6.17 Å². The van der Waals surface area contributed by atoms with Crippen LogP contribution in [0.5, 0.6) is 0 Å². The highest BCUT2D eigenvalue weighted by molar-refractivity contribution is 5.38. The molecule has 0 amide bonds. The van der Waals surface area contributed by atoms with Crippen molar-refractivity contribution in [3.63, 3.8) is 0 Å². The number of hydrogen-bond donors (Lipinski definition) is 2.